The molecule has 2 N–H and O–H groups in total. The smallest absolute Gasteiger partial charge is 0.239 e. The predicted octanol–water partition coefficient (Wildman–Crippen LogP) is -0.857. The second-order valence-corrected chi connectivity index (χ2v) is 2.20. The van der Waals surface area contributed by atoms with Crippen molar-refractivity contribution in [3.8, 4) is 0 Å². The fraction of sp³-hybridized carbons (Fsp3) is 0.833. The van der Waals surface area contributed by atoms with Gasteiger partial charge in [-0.15, -0.1) is 12.4 Å². The van der Waals surface area contributed by atoms with Crippen LogP contribution in [0.15, 0.2) is 0 Å². The lowest BCUT2D eigenvalue weighted by Gasteiger charge is -2.21. The number of ether oxygens (including phenoxy) is 1. The van der Waals surface area contributed by atoms with Gasteiger partial charge in [-0.25, -0.2) is 0 Å². The van der Waals surface area contributed by atoms with E-state index in [1.54, 1.807) is 7.05 Å². The Kier molecular flexibility index (Phi) is 5.19. The first kappa shape index (κ1) is 10.7. The highest BCUT2D eigenvalue weighted by Crippen LogP contribution is 1.91. The van der Waals surface area contributed by atoms with E-state index in [1.165, 1.54) is 0 Å². The Balaban J connectivity index is 0.000001000. The summed E-state index contributed by atoms with van der Waals surface area (Å²) in [6.45, 7) is 1.95. The quantitative estimate of drug-likeness (QED) is 0.553. The molecular formula is C6H13ClN2O2. The number of carbonyl (C=O) groups is 1. The molecule has 0 aromatic heterocycles. The van der Waals surface area contributed by atoms with Gasteiger partial charge in [0.05, 0.1) is 13.2 Å². The first-order valence-electron chi connectivity index (χ1n) is 3.37. The average molecular weight is 181 g/mol. The molecule has 5 heteroatoms. The summed E-state index contributed by atoms with van der Waals surface area (Å²) >= 11 is 0. The van der Waals surface area contributed by atoms with Crippen LogP contribution in [0.3, 0.4) is 0 Å². The normalized spacial score (nSPS) is 23.5. The van der Waals surface area contributed by atoms with E-state index in [0.29, 0.717) is 13.2 Å². The Morgan fingerprint density at radius 3 is 2.91 bits per heavy atom. The molecule has 66 valence electrons. The number of rotatable bonds is 1. The summed E-state index contributed by atoms with van der Waals surface area (Å²) in [5, 5.41) is 5.59. The molecule has 1 saturated heterocycles. The predicted molar refractivity (Wildman–Crippen MR) is 43.9 cm³/mol. The third kappa shape index (κ3) is 3.05. The molecule has 1 amide bonds. The van der Waals surface area contributed by atoms with Gasteiger partial charge in [-0.05, 0) is 0 Å². The SMILES string of the molecule is CNC(=O)[C@H]1COCCN1.Cl. The summed E-state index contributed by atoms with van der Waals surface area (Å²) in [6.07, 6.45) is 0. The number of hydrogen-bond acceptors (Lipinski definition) is 3. The molecule has 0 unspecified atom stereocenters. The van der Waals surface area contributed by atoms with Crippen molar-refractivity contribution >= 4 is 18.3 Å². The third-order valence-electron chi connectivity index (χ3n) is 1.48. The van der Waals surface area contributed by atoms with Crippen molar-refractivity contribution in [3.05, 3.63) is 0 Å². The summed E-state index contributed by atoms with van der Waals surface area (Å²) in [4.78, 5) is 10.9. The zero-order valence-corrected chi connectivity index (χ0v) is 7.24. The molecule has 0 aromatic carbocycles. The fourth-order valence-electron chi connectivity index (χ4n) is 0.908. The van der Waals surface area contributed by atoms with Crippen LogP contribution in [-0.2, 0) is 9.53 Å². The molecule has 1 rings (SSSR count). The zero-order valence-electron chi connectivity index (χ0n) is 6.42. The van der Waals surface area contributed by atoms with Crippen LogP contribution < -0.4 is 10.6 Å². The lowest BCUT2D eigenvalue weighted by atomic mass is 10.2. The van der Waals surface area contributed by atoms with E-state index in [9.17, 15) is 4.79 Å². The molecule has 0 bridgehead atoms. The van der Waals surface area contributed by atoms with Gasteiger partial charge in [-0.2, -0.15) is 0 Å². The van der Waals surface area contributed by atoms with Gasteiger partial charge in [0.2, 0.25) is 5.91 Å². The van der Waals surface area contributed by atoms with E-state index in [1.807, 2.05) is 0 Å². The Labute approximate surface area is 72.1 Å². The van der Waals surface area contributed by atoms with Gasteiger partial charge >= 0.3 is 0 Å². The van der Waals surface area contributed by atoms with Gasteiger partial charge in [-0.3, -0.25) is 4.79 Å². The molecule has 4 nitrogen and oxygen atoms in total. The molecule has 1 aliphatic rings. The van der Waals surface area contributed by atoms with E-state index < -0.39 is 0 Å². The molecule has 1 heterocycles. The Morgan fingerprint density at radius 1 is 1.73 bits per heavy atom. The highest BCUT2D eigenvalue weighted by atomic mass is 35.5. The number of amides is 1. The van der Waals surface area contributed by atoms with Crippen molar-refractivity contribution in [2.45, 2.75) is 6.04 Å². The summed E-state index contributed by atoms with van der Waals surface area (Å²) in [6, 6.07) is -0.154. The summed E-state index contributed by atoms with van der Waals surface area (Å²) < 4.78 is 5.08. The topological polar surface area (TPSA) is 50.4 Å². The van der Waals surface area contributed by atoms with Gasteiger partial charge in [0, 0.05) is 13.6 Å². The second kappa shape index (κ2) is 5.35. The van der Waals surface area contributed by atoms with Crippen LogP contribution in [-0.4, -0.2) is 38.8 Å². The lowest BCUT2D eigenvalue weighted by Crippen LogP contribution is -2.50. The van der Waals surface area contributed by atoms with Crippen molar-refractivity contribution in [2.24, 2.45) is 0 Å². The van der Waals surface area contributed by atoms with E-state index >= 15 is 0 Å². The van der Waals surface area contributed by atoms with Crippen LogP contribution in [0.2, 0.25) is 0 Å². The number of morpholine rings is 1. The molecular weight excluding hydrogens is 168 g/mol. The maximum absolute atomic E-state index is 10.9. The van der Waals surface area contributed by atoms with Crippen LogP contribution in [0, 0.1) is 0 Å². The first-order valence-corrected chi connectivity index (χ1v) is 3.37. The van der Waals surface area contributed by atoms with Crippen molar-refractivity contribution in [2.75, 3.05) is 26.8 Å². The van der Waals surface area contributed by atoms with Crippen LogP contribution >= 0.6 is 12.4 Å². The number of halogens is 1. The van der Waals surface area contributed by atoms with E-state index in [0.717, 1.165) is 6.54 Å². The van der Waals surface area contributed by atoms with E-state index in [2.05, 4.69) is 10.6 Å². The summed E-state index contributed by atoms with van der Waals surface area (Å²) in [5.41, 5.74) is 0. The van der Waals surface area contributed by atoms with Gasteiger partial charge in [0.1, 0.15) is 6.04 Å². The van der Waals surface area contributed by atoms with Gasteiger partial charge in [0.15, 0.2) is 0 Å². The van der Waals surface area contributed by atoms with Gasteiger partial charge in [0.25, 0.3) is 0 Å². The number of likely N-dealkylation sites (N-methyl/N-ethyl adjacent to an activating group) is 1. The molecule has 0 radical (unpaired) electrons. The highest BCUT2D eigenvalue weighted by Gasteiger charge is 2.18. The molecule has 0 aromatic rings. The Bertz CT molecular complexity index is 126. The summed E-state index contributed by atoms with van der Waals surface area (Å²) in [7, 11) is 1.62. The molecule has 0 saturated carbocycles. The standard InChI is InChI=1S/C6H12N2O2.ClH/c1-7-6(9)5-4-10-3-2-8-5;/h5,8H,2-4H2,1H3,(H,7,9);1H/t5-;/m1./s1. The molecule has 11 heavy (non-hydrogen) atoms. The van der Waals surface area contributed by atoms with E-state index in [4.69, 9.17) is 4.74 Å². The largest absolute Gasteiger partial charge is 0.378 e. The maximum Gasteiger partial charge on any atom is 0.239 e. The average Bonchev–Trinajstić information content (AvgIpc) is 2.05. The lowest BCUT2D eigenvalue weighted by molar-refractivity contribution is -0.125. The third-order valence-corrected chi connectivity index (χ3v) is 1.48. The minimum atomic E-state index is -0.154. The first-order chi connectivity index (χ1) is 4.84. The van der Waals surface area contributed by atoms with Crippen LogP contribution in [0.4, 0.5) is 0 Å². The zero-order chi connectivity index (χ0) is 7.40. The molecule has 0 spiro atoms. The van der Waals surface area contributed by atoms with Gasteiger partial charge < -0.3 is 15.4 Å². The summed E-state index contributed by atoms with van der Waals surface area (Å²) in [5.74, 6) is -0.000278. The number of carbonyl (C=O) groups excluding carboxylic acids is 1. The fourth-order valence-corrected chi connectivity index (χ4v) is 0.908. The maximum atomic E-state index is 10.9. The molecule has 1 atom stereocenters. The van der Waals surface area contributed by atoms with E-state index in [-0.39, 0.29) is 24.4 Å². The molecule has 1 aliphatic heterocycles. The van der Waals surface area contributed by atoms with Crippen LogP contribution in [0.1, 0.15) is 0 Å². The Morgan fingerprint density at radius 2 is 2.45 bits per heavy atom. The molecule has 0 aliphatic carbocycles. The molecule has 1 fully saturated rings. The minimum absolute atomic E-state index is 0. The highest BCUT2D eigenvalue weighted by molar-refractivity contribution is 5.85. The second-order valence-electron chi connectivity index (χ2n) is 2.20. The number of nitrogens with one attached hydrogen (secondary N) is 2. The monoisotopic (exact) mass is 180 g/mol. The van der Waals surface area contributed by atoms with Crippen molar-refractivity contribution in [3.63, 3.8) is 0 Å². The van der Waals surface area contributed by atoms with Crippen molar-refractivity contribution < 1.29 is 9.53 Å². The van der Waals surface area contributed by atoms with Crippen molar-refractivity contribution in [1.29, 1.82) is 0 Å². The van der Waals surface area contributed by atoms with Crippen LogP contribution in [0.5, 0.6) is 0 Å². The van der Waals surface area contributed by atoms with Gasteiger partial charge in [-0.1, -0.05) is 0 Å². The number of hydrogen-bond donors (Lipinski definition) is 2. The minimum Gasteiger partial charge on any atom is -0.378 e. The van der Waals surface area contributed by atoms with Crippen molar-refractivity contribution in [1.82, 2.24) is 10.6 Å². The van der Waals surface area contributed by atoms with Crippen LogP contribution in [0.25, 0.3) is 0 Å². The Hall–Kier alpha value is -0.320.